The number of rotatable bonds is 2. The molecule has 4 heteroatoms. The SMILES string of the molecule is CCc1[nH]n(C2CCCC2)c(=O)c1N. The summed E-state index contributed by atoms with van der Waals surface area (Å²) in [5, 5.41) is 3.12. The second kappa shape index (κ2) is 3.52. The first-order chi connectivity index (χ1) is 6.74. The Morgan fingerprint density at radius 2 is 2.14 bits per heavy atom. The van der Waals surface area contributed by atoms with Crippen LogP contribution in [0.5, 0.6) is 0 Å². The summed E-state index contributed by atoms with van der Waals surface area (Å²) >= 11 is 0. The number of hydrogen-bond donors (Lipinski definition) is 2. The van der Waals surface area contributed by atoms with E-state index in [-0.39, 0.29) is 5.56 Å². The Balaban J connectivity index is 2.38. The van der Waals surface area contributed by atoms with Crippen LogP contribution in [0.1, 0.15) is 44.3 Å². The fourth-order valence-electron chi connectivity index (χ4n) is 2.20. The highest BCUT2D eigenvalue weighted by Crippen LogP contribution is 2.28. The van der Waals surface area contributed by atoms with Crippen LogP contribution in [0, 0.1) is 0 Å². The van der Waals surface area contributed by atoms with E-state index in [4.69, 9.17) is 5.73 Å². The quantitative estimate of drug-likeness (QED) is 0.750. The molecule has 1 fully saturated rings. The lowest BCUT2D eigenvalue weighted by Gasteiger charge is -2.08. The molecule has 0 atom stereocenters. The molecule has 0 aliphatic heterocycles. The highest BCUT2D eigenvalue weighted by Gasteiger charge is 2.21. The smallest absolute Gasteiger partial charge is 0.290 e. The van der Waals surface area contributed by atoms with Crippen LogP contribution >= 0.6 is 0 Å². The van der Waals surface area contributed by atoms with Crippen molar-refractivity contribution in [1.29, 1.82) is 0 Å². The number of aryl methyl sites for hydroxylation is 1. The molecule has 14 heavy (non-hydrogen) atoms. The van der Waals surface area contributed by atoms with Crippen LogP contribution in [0.15, 0.2) is 4.79 Å². The van der Waals surface area contributed by atoms with Gasteiger partial charge in [-0.3, -0.25) is 9.89 Å². The average Bonchev–Trinajstić information content (AvgIpc) is 2.78. The monoisotopic (exact) mass is 195 g/mol. The Morgan fingerprint density at radius 1 is 1.50 bits per heavy atom. The van der Waals surface area contributed by atoms with Crippen molar-refractivity contribution < 1.29 is 0 Å². The summed E-state index contributed by atoms with van der Waals surface area (Å²) in [5.74, 6) is 0. The molecule has 0 bridgehead atoms. The Labute approximate surface area is 83.1 Å². The highest BCUT2D eigenvalue weighted by atomic mass is 16.1. The minimum absolute atomic E-state index is 0.0336. The molecule has 0 aromatic carbocycles. The average molecular weight is 195 g/mol. The third-order valence-corrected chi connectivity index (χ3v) is 3.07. The minimum Gasteiger partial charge on any atom is -0.393 e. The topological polar surface area (TPSA) is 63.8 Å². The summed E-state index contributed by atoms with van der Waals surface area (Å²) in [5.41, 5.74) is 6.96. The first-order valence-corrected chi connectivity index (χ1v) is 5.33. The van der Waals surface area contributed by atoms with E-state index in [2.05, 4.69) is 5.10 Å². The number of aromatic amines is 1. The first kappa shape index (κ1) is 9.37. The van der Waals surface area contributed by atoms with E-state index in [1.54, 1.807) is 4.68 Å². The fourth-order valence-corrected chi connectivity index (χ4v) is 2.20. The molecule has 1 aromatic rings. The number of nitrogens with one attached hydrogen (secondary N) is 1. The number of nitrogens with two attached hydrogens (primary N) is 1. The van der Waals surface area contributed by atoms with Crippen molar-refractivity contribution in [1.82, 2.24) is 9.78 Å². The summed E-state index contributed by atoms with van der Waals surface area (Å²) in [7, 11) is 0. The predicted octanol–water partition coefficient (Wildman–Crippen LogP) is 1.44. The molecule has 1 aliphatic carbocycles. The maximum atomic E-state index is 11.7. The first-order valence-electron chi connectivity index (χ1n) is 5.33. The molecule has 3 N–H and O–H groups in total. The molecule has 1 aliphatic rings. The minimum atomic E-state index is -0.0336. The number of nitrogen functional groups attached to an aromatic ring is 1. The van der Waals surface area contributed by atoms with Crippen LogP contribution < -0.4 is 11.3 Å². The zero-order valence-corrected chi connectivity index (χ0v) is 8.55. The Bertz CT molecular complexity index is 371. The van der Waals surface area contributed by atoms with Crippen LogP contribution in [0.3, 0.4) is 0 Å². The number of H-pyrrole nitrogens is 1. The van der Waals surface area contributed by atoms with Crippen molar-refractivity contribution in [3.05, 3.63) is 16.0 Å². The van der Waals surface area contributed by atoms with Crippen LogP contribution in [-0.2, 0) is 6.42 Å². The summed E-state index contributed by atoms with van der Waals surface area (Å²) in [6, 6.07) is 0.352. The highest BCUT2D eigenvalue weighted by molar-refractivity contribution is 5.40. The Morgan fingerprint density at radius 3 is 2.64 bits per heavy atom. The van der Waals surface area contributed by atoms with Gasteiger partial charge in [0.2, 0.25) is 0 Å². The Hall–Kier alpha value is -1.19. The summed E-state index contributed by atoms with van der Waals surface area (Å²) in [4.78, 5) is 11.7. The van der Waals surface area contributed by atoms with Crippen molar-refractivity contribution in [2.75, 3.05) is 5.73 Å². The standard InChI is InChI=1S/C10H17N3O/c1-2-8-9(11)10(14)13(12-8)7-5-3-4-6-7/h7,12H,2-6,11H2,1H3. The van der Waals surface area contributed by atoms with E-state index in [1.165, 1.54) is 12.8 Å². The van der Waals surface area contributed by atoms with Crippen molar-refractivity contribution in [3.63, 3.8) is 0 Å². The molecule has 0 unspecified atom stereocenters. The third-order valence-electron chi connectivity index (χ3n) is 3.07. The van der Waals surface area contributed by atoms with E-state index < -0.39 is 0 Å². The van der Waals surface area contributed by atoms with E-state index in [1.807, 2.05) is 6.92 Å². The zero-order chi connectivity index (χ0) is 10.1. The zero-order valence-electron chi connectivity index (χ0n) is 8.55. The van der Waals surface area contributed by atoms with Crippen LogP contribution in [0.4, 0.5) is 5.69 Å². The molecule has 0 spiro atoms. The molecule has 4 nitrogen and oxygen atoms in total. The predicted molar refractivity (Wildman–Crippen MR) is 56.3 cm³/mol. The maximum Gasteiger partial charge on any atom is 0.290 e. The molecule has 1 saturated carbocycles. The van der Waals surface area contributed by atoms with Crippen molar-refractivity contribution in [2.45, 2.75) is 45.1 Å². The maximum absolute atomic E-state index is 11.7. The van der Waals surface area contributed by atoms with Crippen LogP contribution in [0.2, 0.25) is 0 Å². The number of anilines is 1. The van der Waals surface area contributed by atoms with Gasteiger partial charge in [-0.25, -0.2) is 4.68 Å². The van der Waals surface area contributed by atoms with Gasteiger partial charge in [0.25, 0.3) is 5.56 Å². The summed E-state index contributed by atoms with van der Waals surface area (Å²) < 4.78 is 1.72. The molecule has 1 aromatic heterocycles. The van der Waals surface area contributed by atoms with Crippen molar-refractivity contribution in [3.8, 4) is 0 Å². The molecule has 2 rings (SSSR count). The normalized spacial score (nSPS) is 17.8. The second-order valence-corrected chi connectivity index (χ2v) is 3.97. The van der Waals surface area contributed by atoms with Gasteiger partial charge in [0.1, 0.15) is 5.69 Å². The van der Waals surface area contributed by atoms with Gasteiger partial charge in [0.05, 0.1) is 11.7 Å². The van der Waals surface area contributed by atoms with Gasteiger partial charge in [-0.15, -0.1) is 0 Å². The molecule has 1 heterocycles. The van der Waals surface area contributed by atoms with Gasteiger partial charge in [0.15, 0.2) is 0 Å². The van der Waals surface area contributed by atoms with Gasteiger partial charge in [-0.05, 0) is 19.3 Å². The number of hydrogen-bond acceptors (Lipinski definition) is 2. The molecule has 0 saturated heterocycles. The fraction of sp³-hybridized carbons (Fsp3) is 0.700. The van der Waals surface area contributed by atoms with Crippen molar-refractivity contribution >= 4 is 5.69 Å². The molecule has 0 amide bonds. The van der Waals surface area contributed by atoms with E-state index in [9.17, 15) is 4.79 Å². The number of aromatic nitrogens is 2. The lowest BCUT2D eigenvalue weighted by atomic mass is 10.2. The molecule has 0 radical (unpaired) electrons. The lowest BCUT2D eigenvalue weighted by Crippen LogP contribution is -2.21. The van der Waals surface area contributed by atoms with Gasteiger partial charge >= 0.3 is 0 Å². The molecule has 78 valence electrons. The Kier molecular flexibility index (Phi) is 2.35. The lowest BCUT2D eigenvalue weighted by molar-refractivity contribution is 0.451. The van der Waals surface area contributed by atoms with Gasteiger partial charge in [-0.2, -0.15) is 0 Å². The largest absolute Gasteiger partial charge is 0.393 e. The number of nitrogens with zero attached hydrogens (tertiary/aromatic N) is 1. The van der Waals surface area contributed by atoms with Crippen molar-refractivity contribution in [2.24, 2.45) is 0 Å². The van der Waals surface area contributed by atoms with Crippen LogP contribution in [0.25, 0.3) is 0 Å². The molecular formula is C10H17N3O. The second-order valence-electron chi connectivity index (χ2n) is 3.97. The van der Waals surface area contributed by atoms with Gasteiger partial charge in [-0.1, -0.05) is 19.8 Å². The molecular weight excluding hydrogens is 178 g/mol. The van der Waals surface area contributed by atoms with Gasteiger partial charge in [0, 0.05) is 0 Å². The van der Waals surface area contributed by atoms with Gasteiger partial charge < -0.3 is 5.73 Å². The van der Waals surface area contributed by atoms with E-state index in [0.29, 0.717) is 11.7 Å². The summed E-state index contributed by atoms with van der Waals surface area (Å²) in [6.45, 7) is 2.00. The third kappa shape index (κ3) is 1.35. The van der Waals surface area contributed by atoms with E-state index >= 15 is 0 Å². The van der Waals surface area contributed by atoms with E-state index in [0.717, 1.165) is 25.0 Å². The van der Waals surface area contributed by atoms with Crippen LogP contribution in [-0.4, -0.2) is 9.78 Å². The summed E-state index contributed by atoms with van der Waals surface area (Å²) in [6.07, 6.45) is 5.43.